The van der Waals surface area contributed by atoms with Crippen molar-refractivity contribution >= 4 is 15.5 Å². The summed E-state index contributed by atoms with van der Waals surface area (Å²) in [7, 11) is 3.73. The van der Waals surface area contributed by atoms with Gasteiger partial charge in [0.15, 0.2) is 29.1 Å². The summed E-state index contributed by atoms with van der Waals surface area (Å²) in [6.07, 6.45) is 4.42. The first-order chi connectivity index (χ1) is 18.8. The zero-order chi connectivity index (χ0) is 28.3. The number of para-hydroxylation sites is 1. The normalized spacial score (nSPS) is 23.9. The van der Waals surface area contributed by atoms with Gasteiger partial charge in [-0.3, -0.25) is 4.79 Å². The van der Waals surface area contributed by atoms with Gasteiger partial charge in [0.25, 0.3) is 0 Å². The Bertz CT molecular complexity index is 983. The Labute approximate surface area is 233 Å². The van der Waals surface area contributed by atoms with Crippen LogP contribution in [-0.4, -0.2) is 82.2 Å². The van der Waals surface area contributed by atoms with Gasteiger partial charge in [-0.2, -0.15) is 0 Å². The Morgan fingerprint density at radius 1 is 1.05 bits per heavy atom. The molecule has 1 aromatic carbocycles. The molecule has 0 saturated carbocycles. The van der Waals surface area contributed by atoms with Crippen molar-refractivity contribution in [2.45, 2.75) is 50.4 Å². The highest BCUT2D eigenvalue weighted by atomic mass is 28.2. The van der Waals surface area contributed by atoms with Crippen molar-refractivity contribution in [3.8, 4) is 5.75 Å². The Morgan fingerprint density at radius 3 is 2.44 bits per heavy atom. The topological polar surface area (TPSA) is 100 Å². The van der Waals surface area contributed by atoms with Crippen molar-refractivity contribution in [2.75, 3.05) is 54.9 Å². The van der Waals surface area contributed by atoms with Gasteiger partial charge in [-0.05, 0) is 47.7 Å². The second-order valence-electron chi connectivity index (χ2n) is 10.7. The lowest BCUT2D eigenvalue weighted by molar-refractivity contribution is -0.376. The number of ether oxygens (including phenoxy) is 6. The molecule has 3 unspecified atom stereocenters. The molecule has 39 heavy (non-hydrogen) atoms. The maximum atomic E-state index is 14.5. The van der Waals surface area contributed by atoms with E-state index in [1.54, 1.807) is 24.3 Å². The van der Waals surface area contributed by atoms with Gasteiger partial charge in [0.2, 0.25) is 0 Å². The van der Waals surface area contributed by atoms with E-state index in [-0.39, 0.29) is 31.2 Å². The molecule has 0 bridgehead atoms. The van der Waals surface area contributed by atoms with Crippen LogP contribution in [0.2, 0.25) is 5.04 Å². The predicted octanol–water partition coefficient (Wildman–Crippen LogP) is 3.70. The SMILES string of the molecule is COCOC1=CC(CO[SiH2]C(C)(C)C)=CC(OCOC)(C2CCCOO2)C1C(=O)c1ccccc1OCOC. The number of rotatable bonds is 15. The lowest BCUT2D eigenvalue weighted by atomic mass is 9.71. The number of ketones is 1. The third kappa shape index (κ3) is 8.45. The zero-order valence-electron chi connectivity index (χ0n) is 23.9. The number of carbonyl (C=O) groups excluding carboxylic acids is 1. The molecule has 0 N–H and O–H groups in total. The van der Waals surface area contributed by atoms with E-state index in [4.69, 9.17) is 42.6 Å². The Balaban J connectivity index is 2.13. The quantitative estimate of drug-likeness (QED) is 0.135. The number of hydrogen-bond acceptors (Lipinski definition) is 10. The third-order valence-corrected chi connectivity index (χ3v) is 7.45. The molecule has 0 radical (unpaired) electrons. The maximum Gasteiger partial charge on any atom is 0.188 e. The van der Waals surface area contributed by atoms with Crippen LogP contribution in [0.5, 0.6) is 5.75 Å². The number of carbonyl (C=O) groups is 1. The van der Waals surface area contributed by atoms with Crippen LogP contribution in [0.25, 0.3) is 0 Å². The lowest BCUT2D eigenvalue weighted by Crippen LogP contribution is -2.57. The first kappa shape index (κ1) is 31.4. The molecule has 11 heteroatoms. The average molecular weight is 567 g/mol. The first-order valence-electron chi connectivity index (χ1n) is 13.0. The van der Waals surface area contributed by atoms with E-state index in [1.165, 1.54) is 21.3 Å². The van der Waals surface area contributed by atoms with Crippen molar-refractivity contribution in [3.05, 3.63) is 53.3 Å². The van der Waals surface area contributed by atoms with Gasteiger partial charge in [-0.25, -0.2) is 9.78 Å². The van der Waals surface area contributed by atoms with Gasteiger partial charge in [0.1, 0.15) is 35.9 Å². The van der Waals surface area contributed by atoms with Crippen molar-refractivity contribution < 1.29 is 47.4 Å². The molecule has 2 aliphatic rings. The van der Waals surface area contributed by atoms with Crippen LogP contribution >= 0.6 is 0 Å². The molecule has 1 fully saturated rings. The summed E-state index contributed by atoms with van der Waals surface area (Å²) in [5, 5.41) is 0.114. The van der Waals surface area contributed by atoms with Gasteiger partial charge in [0, 0.05) is 21.3 Å². The highest BCUT2D eigenvalue weighted by molar-refractivity contribution is 6.31. The summed E-state index contributed by atoms with van der Waals surface area (Å²) in [5.74, 6) is -0.501. The first-order valence-corrected chi connectivity index (χ1v) is 14.3. The monoisotopic (exact) mass is 566 g/mol. The van der Waals surface area contributed by atoms with Crippen molar-refractivity contribution in [1.29, 1.82) is 0 Å². The Hall–Kier alpha value is -2.09. The molecule has 1 heterocycles. The van der Waals surface area contributed by atoms with Crippen LogP contribution in [0, 0.1) is 5.92 Å². The lowest BCUT2D eigenvalue weighted by Gasteiger charge is -2.45. The summed E-state index contributed by atoms with van der Waals surface area (Å²) in [6.45, 7) is 7.10. The molecule has 0 aromatic heterocycles. The summed E-state index contributed by atoms with van der Waals surface area (Å²) in [5.41, 5.74) is -0.181. The molecular weight excluding hydrogens is 524 g/mol. The smallest absolute Gasteiger partial charge is 0.188 e. The van der Waals surface area contributed by atoms with Gasteiger partial charge in [0.05, 0.1) is 18.8 Å². The van der Waals surface area contributed by atoms with Crippen LogP contribution in [0.3, 0.4) is 0 Å². The minimum Gasteiger partial charge on any atom is -0.471 e. The molecule has 1 saturated heterocycles. The Morgan fingerprint density at radius 2 is 1.77 bits per heavy atom. The molecule has 3 atom stereocenters. The van der Waals surface area contributed by atoms with Gasteiger partial charge in [-0.15, -0.1) is 0 Å². The van der Waals surface area contributed by atoms with E-state index < -0.39 is 27.4 Å². The van der Waals surface area contributed by atoms with Crippen LogP contribution in [0.4, 0.5) is 0 Å². The highest BCUT2D eigenvalue weighted by Gasteiger charge is 2.55. The van der Waals surface area contributed by atoms with Crippen LogP contribution < -0.4 is 4.74 Å². The summed E-state index contributed by atoms with van der Waals surface area (Å²) >= 11 is 0. The molecule has 0 amide bonds. The molecular formula is C28H42O10Si. The number of Topliss-reactive ketones (excluding diaryl/α,β-unsaturated/α-hetero) is 1. The van der Waals surface area contributed by atoms with E-state index in [9.17, 15) is 4.79 Å². The van der Waals surface area contributed by atoms with Crippen LogP contribution in [0.15, 0.2) is 47.7 Å². The van der Waals surface area contributed by atoms with Crippen molar-refractivity contribution in [2.24, 2.45) is 5.92 Å². The third-order valence-electron chi connectivity index (χ3n) is 6.18. The second kappa shape index (κ2) is 15.1. The highest BCUT2D eigenvalue weighted by Crippen LogP contribution is 2.45. The maximum absolute atomic E-state index is 14.5. The van der Waals surface area contributed by atoms with Crippen molar-refractivity contribution in [1.82, 2.24) is 0 Å². The van der Waals surface area contributed by atoms with Gasteiger partial charge in [-0.1, -0.05) is 32.9 Å². The van der Waals surface area contributed by atoms with Gasteiger partial charge < -0.3 is 32.8 Å². The molecule has 10 nitrogen and oxygen atoms in total. The minimum atomic E-state index is -1.33. The van der Waals surface area contributed by atoms with E-state index in [2.05, 4.69) is 20.8 Å². The molecule has 1 aliphatic carbocycles. The molecule has 218 valence electrons. The zero-order valence-corrected chi connectivity index (χ0v) is 25.3. The molecule has 3 rings (SSSR count). The number of benzene rings is 1. The minimum absolute atomic E-state index is 0.0121. The van der Waals surface area contributed by atoms with Crippen molar-refractivity contribution in [3.63, 3.8) is 0 Å². The molecule has 1 aromatic rings. The summed E-state index contributed by atoms with van der Waals surface area (Å²) < 4.78 is 40.1. The average Bonchev–Trinajstić information content (AvgIpc) is 2.93. The van der Waals surface area contributed by atoms with E-state index in [0.29, 0.717) is 36.7 Å². The number of methoxy groups -OCH3 is 3. The molecule has 0 spiro atoms. The predicted molar refractivity (Wildman–Crippen MR) is 146 cm³/mol. The van der Waals surface area contributed by atoms with E-state index >= 15 is 0 Å². The van der Waals surface area contributed by atoms with E-state index in [1.807, 2.05) is 12.2 Å². The fourth-order valence-electron chi connectivity index (χ4n) is 4.59. The number of hydrogen-bond donors (Lipinski definition) is 0. The van der Waals surface area contributed by atoms with Crippen LogP contribution in [-0.2, 0) is 37.9 Å². The summed E-state index contributed by atoms with van der Waals surface area (Å²) in [4.78, 5) is 25.7. The standard InChI is InChI=1S/C28H42O10Si/c1-27(2,3)39-37-16-20-14-23(34-18-31-5)25(26(29)21-10-7-8-11-22(21)33-17-30-4)28(15-20,35-19-32-6)24-12-9-13-36-38-24/h7-8,10-11,14-15,24-25H,9,12-13,16-19,39H2,1-6H3. The van der Waals surface area contributed by atoms with Crippen LogP contribution in [0.1, 0.15) is 44.0 Å². The summed E-state index contributed by atoms with van der Waals surface area (Å²) in [6, 6.07) is 7.00. The van der Waals surface area contributed by atoms with E-state index in [0.717, 1.165) is 12.0 Å². The Kier molecular flexibility index (Phi) is 12.1. The van der Waals surface area contributed by atoms with Gasteiger partial charge >= 0.3 is 0 Å². The largest absolute Gasteiger partial charge is 0.471 e. The molecule has 1 aliphatic heterocycles. The fourth-order valence-corrected chi connectivity index (χ4v) is 5.54. The second-order valence-corrected chi connectivity index (χ2v) is 13.5. The fraction of sp³-hybridized carbons (Fsp3) is 0.607.